The van der Waals surface area contributed by atoms with Crippen LogP contribution in [0.1, 0.15) is 37.5 Å². The van der Waals surface area contributed by atoms with E-state index in [1.54, 1.807) is 24.3 Å². The second-order valence-corrected chi connectivity index (χ2v) is 7.16. The van der Waals surface area contributed by atoms with Crippen molar-refractivity contribution in [1.82, 2.24) is 14.7 Å². The topological polar surface area (TPSA) is 60.9 Å². The highest BCUT2D eigenvalue weighted by atomic mass is 16.2. The van der Waals surface area contributed by atoms with Gasteiger partial charge in [-0.2, -0.15) is 0 Å². The van der Waals surface area contributed by atoms with Gasteiger partial charge in [-0.15, -0.1) is 0 Å². The average Bonchev–Trinajstić information content (AvgIpc) is 2.99. The van der Waals surface area contributed by atoms with Crippen molar-refractivity contribution in [3.63, 3.8) is 0 Å². The van der Waals surface area contributed by atoms with Gasteiger partial charge >= 0.3 is 0 Å². The molecule has 1 fully saturated rings. The van der Waals surface area contributed by atoms with Gasteiger partial charge in [-0.3, -0.25) is 24.2 Å². The van der Waals surface area contributed by atoms with E-state index in [1.807, 2.05) is 35.2 Å². The van der Waals surface area contributed by atoms with Gasteiger partial charge in [0, 0.05) is 38.3 Å². The summed E-state index contributed by atoms with van der Waals surface area (Å²) < 4.78 is 0. The highest BCUT2D eigenvalue weighted by Gasteiger charge is 2.34. The minimum atomic E-state index is -0.195. The van der Waals surface area contributed by atoms with Gasteiger partial charge in [0.25, 0.3) is 17.7 Å². The quantitative estimate of drug-likeness (QED) is 0.749. The highest BCUT2D eigenvalue weighted by molar-refractivity contribution is 6.21. The number of rotatable bonds is 5. The summed E-state index contributed by atoms with van der Waals surface area (Å²) in [6, 6.07) is 16.3. The van der Waals surface area contributed by atoms with Crippen molar-refractivity contribution < 1.29 is 14.4 Å². The monoisotopic (exact) mass is 377 g/mol. The molecule has 4 rings (SSSR count). The van der Waals surface area contributed by atoms with E-state index in [2.05, 4.69) is 4.90 Å². The summed E-state index contributed by atoms with van der Waals surface area (Å²) in [5.74, 6) is -0.316. The molecule has 0 aliphatic carbocycles. The lowest BCUT2D eigenvalue weighted by molar-refractivity contribution is 0.0595. The summed E-state index contributed by atoms with van der Waals surface area (Å²) in [5, 5.41) is 0. The van der Waals surface area contributed by atoms with Crippen LogP contribution in [0.15, 0.2) is 54.6 Å². The molecule has 2 aliphatic heterocycles. The van der Waals surface area contributed by atoms with Gasteiger partial charge in [-0.25, -0.2) is 0 Å². The van der Waals surface area contributed by atoms with E-state index in [-0.39, 0.29) is 17.7 Å². The Morgan fingerprint density at radius 2 is 1.32 bits per heavy atom. The number of imide groups is 1. The third kappa shape index (κ3) is 3.55. The van der Waals surface area contributed by atoms with Crippen molar-refractivity contribution in [2.24, 2.45) is 0 Å². The van der Waals surface area contributed by atoms with Crippen LogP contribution in [0.3, 0.4) is 0 Å². The molecule has 28 heavy (non-hydrogen) atoms. The molecule has 0 N–H and O–H groups in total. The van der Waals surface area contributed by atoms with Crippen LogP contribution >= 0.6 is 0 Å². The first-order valence-corrected chi connectivity index (χ1v) is 9.67. The molecule has 2 heterocycles. The minimum Gasteiger partial charge on any atom is -0.336 e. The molecule has 2 aromatic carbocycles. The predicted molar refractivity (Wildman–Crippen MR) is 105 cm³/mol. The Hall–Kier alpha value is -2.99. The molecule has 1 saturated heterocycles. The second kappa shape index (κ2) is 7.94. The van der Waals surface area contributed by atoms with Gasteiger partial charge in [0.05, 0.1) is 11.1 Å². The van der Waals surface area contributed by atoms with E-state index in [0.717, 1.165) is 31.6 Å². The lowest BCUT2D eigenvalue weighted by Gasteiger charge is -2.35. The van der Waals surface area contributed by atoms with Crippen LogP contribution in [-0.2, 0) is 0 Å². The van der Waals surface area contributed by atoms with E-state index >= 15 is 0 Å². The Morgan fingerprint density at radius 3 is 1.93 bits per heavy atom. The summed E-state index contributed by atoms with van der Waals surface area (Å²) in [6.07, 6.45) is 0.734. The summed E-state index contributed by atoms with van der Waals surface area (Å²) in [4.78, 5) is 42.8. The molecule has 6 nitrogen and oxygen atoms in total. The smallest absolute Gasteiger partial charge is 0.261 e. The number of benzene rings is 2. The maximum atomic E-state index is 12.5. The average molecular weight is 377 g/mol. The van der Waals surface area contributed by atoms with Gasteiger partial charge < -0.3 is 4.90 Å². The number of carbonyl (C=O) groups is 3. The first kappa shape index (κ1) is 18.4. The van der Waals surface area contributed by atoms with E-state index in [1.165, 1.54) is 4.90 Å². The third-order valence-corrected chi connectivity index (χ3v) is 5.41. The zero-order valence-corrected chi connectivity index (χ0v) is 15.7. The number of hydrogen-bond donors (Lipinski definition) is 0. The van der Waals surface area contributed by atoms with Crippen molar-refractivity contribution in [2.45, 2.75) is 6.42 Å². The van der Waals surface area contributed by atoms with Crippen LogP contribution in [0.4, 0.5) is 0 Å². The van der Waals surface area contributed by atoms with E-state index < -0.39 is 0 Å². The molecular formula is C22H23N3O3. The lowest BCUT2D eigenvalue weighted by atomic mass is 10.1. The van der Waals surface area contributed by atoms with E-state index in [9.17, 15) is 14.4 Å². The number of piperazine rings is 1. The molecular weight excluding hydrogens is 354 g/mol. The number of hydrogen-bond acceptors (Lipinski definition) is 4. The number of nitrogens with zero attached hydrogens (tertiary/aromatic N) is 3. The Labute approximate surface area is 164 Å². The van der Waals surface area contributed by atoms with Crippen LogP contribution in [0, 0.1) is 0 Å². The van der Waals surface area contributed by atoms with Crippen molar-refractivity contribution in [3.8, 4) is 0 Å². The molecule has 2 aliphatic rings. The summed E-state index contributed by atoms with van der Waals surface area (Å²) in [5.41, 5.74) is 1.72. The maximum Gasteiger partial charge on any atom is 0.261 e. The second-order valence-electron chi connectivity index (χ2n) is 7.16. The zero-order valence-electron chi connectivity index (χ0n) is 15.7. The SMILES string of the molecule is O=C(c1ccccc1)N1CCN(CCCN2C(=O)c3ccccc3C2=O)CC1. The molecule has 2 aromatic rings. The largest absolute Gasteiger partial charge is 0.336 e. The Bertz CT molecular complexity index is 854. The fraction of sp³-hybridized carbons (Fsp3) is 0.318. The molecule has 3 amide bonds. The fourth-order valence-electron chi connectivity index (χ4n) is 3.83. The maximum absolute atomic E-state index is 12.5. The fourth-order valence-corrected chi connectivity index (χ4v) is 3.83. The zero-order chi connectivity index (χ0) is 19.5. The summed E-state index contributed by atoms with van der Waals surface area (Å²) >= 11 is 0. The Kier molecular flexibility index (Phi) is 5.21. The Balaban J connectivity index is 1.24. The van der Waals surface area contributed by atoms with Gasteiger partial charge in [0.1, 0.15) is 0 Å². The van der Waals surface area contributed by atoms with Crippen molar-refractivity contribution in [1.29, 1.82) is 0 Å². The van der Waals surface area contributed by atoms with Crippen molar-refractivity contribution in [2.75, 3.05) is 39.3 Å². The van der Waals surface area contributed by atoms with E-state index in [0.29, 0.717) is 30.8 Å². The van der Waals surface area contributed by atoms with E-state index in [4.69, 9.17) is 0 Å². The number of fused-ring (bicyclic) bond motifs is 1. The van der Waals surface area contributed by atoms with Gasteiger partial charge in [-0.1, -0.05) is 30.3 Å². The van der Waals surface area contributed by atoms with Gasteiger partial charge in [0.15, 0.2) is 0 Å². The van der Waals surface area contributed by atoms with Gasteiger partial charge in [0.2, 0.25) is 0 Å². The third-order valence-electron chi connectivity index (χ3n) is 5.41. The Morgan fingerprint density at radius 1 is 0.750 bits per heavy atom. The molecule has 144 valence electrons. The van der Waals surface area contributed by atoms with Crippen LogP contribution in [-0.4, -0.2) is 71.7 Å². The minimum absolute atomic E-state index is 0.0753. The van der Waals surface area contributed by atoms with Crippen LogP contribution in [0.2, 0.25) is 0 Å². The first-order chi connectivity index (χ1) is 13.6. The molecule has 0 atom stereocenters. The normalized spacial score (nSPS) is 17.1. The molecule has 0 radical (unpaired) electrons. The van der Waals surface area contributed by atoms with Crippen LogP contribution in [0.25, 0.3) is 0 Å². The molecule has 6 heteroatoms. The number of amides is 3. The van der Waals surface area contributed by atoms with Crippen LogP contribution < -0.4 is 0 Å². The summed E-state index contributed by atoms with van der Waals surface area (Å²) in [7, 11) is 0. The molecule has 0 saturated carbocycles. The molecule has 0 unspecified atom stereocenters. The number of carbonyl (C=O) groups excluding carboxylic acids is 3. The molecule has 0 bridgehead atoms. The molecule has 0 aromatic heterocycles. The summed E-state index contributed by atoms with van der Waals surface area (Å²) in [6.45, 7) is 4.24. The van der Waals surface area contributed by atoms with Crippen LogP contribution in [0.5, 0.6) is 0 Å². The lowest BCUT2D eigenvalue weighted by Crippen LogP contribution is -2.49. The van der Waals surface area contributed by atoms with Gasteiger partial charge in [-0.05, 0) is 37.2 Å². The van der Waals surface area contributed by atoms with Crippen molar-refractivity contribution >= 4 is 17.7 Å². The van der Waals surface area contributed by atoms with Crippen molar-refractivity contribution in [3.05, 3.63) is 71.3 Å². The standard InChI is InChI=1S/C22H23N3O3/c26-20(17-7-2-1-3-8-17)24-15-13-23(14-16-24)11-6-12-25-21(27)18-9-4-5-10-19(18)22(25)28/h1-5,7-10H,6,11-16H2. The first-order valence-electron chi connectivity index (χ1n) is 9.67. The molecule has 0 spiro atoms. The highest BCUT2D eigenvalue weighted by Crippen LogP contribution is 2.22. The predicted octanol–water partition coefficient (Wildman–Crippen LogP) is 2.13.